The molecule has 0 atom stereocenters. The van der Waals surface area contributed by atoms with Crippen molar-refractivity contribution in [1.82, 2.24) is 5.32 Å². The first-order valence-electron chi connectivity index (χ1n) is 6.26. The molecule has 98 valence electrons. The molecule has 0 spiro atoms. The standard InChI is InChI=1S/C14H20N2OS/c1-10-8-11(4-5-12(10)15)13(17)16-9-14(18-2)6-3-7-14/h4-5,8H,3,6-7,9,15H2,1-2H3,(H,16,17). The van der Waals surface area contributed by atoms with Gasteiger partial charge < -0.3 is 11.1 Å². The average molecular weight is 264 g/mol. The van der Waals surface area contributed by atoms with Crippen LogP contribution in [-0.4, -0.2) is 23.5 Å². The van der Waals surface area contributed by atoms with Gasteiger partial charge in [0.05, 0.1) is 0 Å². The molecular weight excluding hydrogens is 244 g/mol. The summed E-state index contributed by atoms with van der Waals surface area (Å²) in [6.45, 7) is 2.68. The Hall–Kier alpha value is -1.16. The fourth-order valence-corrected chi connectivity index (χ4v) is 3.10. The van der Waals surface area contributed by atoms with E-state index in [9.17, 15) is 4.79 Å². The van der Waals surface area contributed by atoms with Crippen molar-refractivity contribution in [2.24, 2.45) is 0 Å². The van der Waals surface area contributed by atoms with Crippen molar-refractivity contribution >= 4 is 23.4 Å². The number of aryl methyl sites for hydroxylation is 1. The van der Waals surface area contributed by atoms with Gasteiger partial charge in [-0.3, -0.25) is 4.79 Å². The zero-order valence-corrected chi connectivity index (χ0v) is 11.8. The lowest BCUT2D eigenvalue weighted by molar-refractivity contribution is 0.0944. The topological polar surface area (TPSA) is 55.1 Å². The Morgan fingerprint density at radius 2 is 2.22 bits per heavy atom. The maximum Gasteiger partial charge on any atom is 0.251 e. The number of benzene rings is 1. The van der Waals surface area contributed by atoms with E-state index in [4.69, 9.17) is 5.73 Å². The summed E-state index contributed by atoms with van der Waals surface area (Å²) in [5.74, 6) is -0.00146. The molecule has 0 aromatic heterocycles. The van der Waals surface area contributed by atoms with Crippen molar-refractivity contribution in [3.63, 3.8) is 0 Å². The van der Waals surface area contributed by atoms with Gasteiger partial charge in [-0.25, -0.2) is 0 Å². The van der Waals surface area contributed by atoms with Crippen molar-refractivity contribution in [2.45, 2.75) is 30.9 Å². The fraction of sp³-hybridized carbons (Fsp3) is 0.500. The lowest BCUT2D eigenvalue weighted by Gasteiger charge is -2.40. The largest absolute Gasteiger partial charge is 0.399 e. The van der Waals surface area contributed by atoms with Crippen LogP contribution in [0.2, 0.25) is 0 Å². The van der Waals surface area contributed by atoms with Gasteiger partial charge in [0.25, 0.3) is 5.91 Å². The first-order valence-corrected chi connectivity index (χ1v) is 7.48. The third kappa shape index (κ3) is 2.64. The zero-order valence-electron chi connectivity index (χ0n) is 11.0. The molecule has 1 saturated carbocycles. The number of hydrogen-bond acceptors (Lipinski definition) is 3. The number of anilines is 1. The molecule has 1 aliphatic carbocycles. The van der Waals surface area contributed by atoms with Gasteiger partial charge in [0, 0.05) is 22.5 Å². The number of amides is 1. The molecule has 3 N–H and O–H groups in total. The van der Waals surface area contributed by atoms with E-state index >= 15 is 0 Å². The number of carbonyl (C=O) groups is 1. The second-order valence-electron chi connectivity index (χ2n) is 4.99. The highest BCUT2D eigenvalue weighted by Gasteiger charge is 2.36. The van der Waals surface area contributed by atoms with E-state index < -0.39 is 0 Å². The third-order valence-electron chi connectivity index (χ3n) is 3.80. The molecule has 1 aromatic carbocycles. The molecule has 0 aliphatic heterocycles. The van der Waals surface area contributed by atoms with E-state index in [1.54, 1.807) is 12.1 Å². The van der Waals surface area contributed by atoms with Crippen molar-refractivity contribution in [2.75, 3.05) is 18.5 Å². The van der Waals surface area contributed by atoms with Crippen molar-refractivity contribution in [3.05, 3.63) is 29.3 Å². The fourth-order valence-electron chi connectivity index (χ4n) is 2.18. The minimum Gasteiger partial charge on any atom is -0.399 e. The molecule has 0 saturated heterocycles. The SMILES string of the molecule is CSC1(CNC(=O)c2ccc(N)c(C)c2)CCC1. The summed E-state index contributed by atoms with van der Waals surface area (Å²) in [6.07, 6.45) is 5.81. The Kier molecular flexibility index (Phi) is 3.85. The number of carbonyl (C=O) groups excluding carboxylic acids is 1. The molecule has 18 heavy (non-hydrogen) atoms. The van der Waals surface area contributed by atoms with E-state index in [1.807, 2.05) is 24.8 Å². The summed E-state index contributed by atoms with van der Waals surface area (Å²) in [5.41, 5.74) is 8.12. The number of thioether (sulfide) groups is 1. The van der Waals surface area contributed by atoms with Crippen LogP contribution >= 0.6 is 11.8 Å². The molecule has 0 heterocycles. The highest BCUT2D eigenvalue weighted by Crippen LogP contribution is 2.42. The van der Waals surface area contributed by atoms with Crippen LogP contribution < -0.4 is 11.1 Å². The molecule has 1 aliphatic rings. The van der Waals surface area contributed by atoms with Gasteiger partial charge in [0.15, 0.2) is 0 Å². The average Bonchev–Trinajstić information content (AvgIpc) is 2.31. The smallest absolute Gasteiger partial charge is 0.251 e. The molecule has 0 bridgehead atoms. The summed E-state index contributed by atoms with van der Waals surface area (Å²) < 4.78 is 0.276. The number of nitrogens with two attached hydrogens (primary N) is 1. The maximum absolute atomic E-state index is 12.0. The highest BCUT2D eigenvalue weighted by molar-refractivity contribution is 8.00. The lowest BCUT2D eigenvalue weighted by atomic mass is 9.84. The molecule has 2 rings (SSSR count). The van der Waals surface area contributed by atoms with Gasteiger partial charge in [0.2, 0.25) is 0 Å². The normalized spacial score (nSPS) is 17.0. The first kappa shape index (κ1) is 13.3. The number of nitrogens with one attached hydrogen (secondary N) is 1. The molecule has 0 radical (unpaired) electrons. The minimum atomic E-state index is -0.00146. The van der Waals surface area contributed by atoms with Gasteiger partial charge in [-0.05, 0) is 49.8 Å². The van der Waals surface area contributed by atoms with Crippen molar-refractivity contribution < 1.29 is 4.79 Å². The predicted molar refractivity (Wildman–Crippen MR) is 78.0 cm³/mol. The third-order valence-corrected chi connectivity index (χ3v) is 5.22. The Balaban J connectivity index is 1.97. The van der Waals surface area contributed by atoms with Crippen LogP contribution in [0.3, 0.4) is 0 Å². The van der Waals surface area contributed by atoms with Crippen LogP contribution in [0.5, 0.6) is 0 Å². The van der Waals surface area contributed by atoms with Crippen LogP contribution in [0.4, 0.5) is 5.69 Å². The summed E-state index contributed by atoms with van der Waals surface area (Å²) in [4.78, 5) is 12.0. The highest BCUT2D eigenvalue weighted by atomic mass is 32.2. The number of nitrogen functional groups attached to an aromatic ring is 1. The number of rotatable bonds is 4. The van der Waals surface area contributed by atoms with Crippen LogP contribution in [0.1, 0.15) is 35.2 Å². The Morgan fingerprint density at radius 1 is 1.50 bits per heavy atom. The second kappa shape index (κ2) is 5.22. The van der Waals surface area contributed by atoms with Gasteiger partial charge in [0.1, 0.15) is 0 Å². The molecule has 1 aromatic rings. The van der Waals surface area contributed by atoms with Crippen LogP contribution in [0.15, 0.2) is 18.2 Å². The van der Waals surface area contributed by atoms with Crippen LogP contribution in [0, 0.1) is 6.92 Å². The molecule has 4 heteroatoms. The number of hydrogen-bond donors (Lipinski definition) is 2. The molecule has 1 amide bonds. The van der Waals surface area contributed by atoms with Gasteiger partial charge in [-0.1, -0.05) is 6.42 Å². The van der Waals surface area contributed by atoms with E-state index in [2.05, 4.69) is 11.6 Å². The Bertz CT molecular complexity index is 450. The Labute approximate surface area is 113 Å². The lowest BCUT2D eigenvalue weighted by Crippen LogP contribution is -2.45. The summed E-state index contributed by atoms with van der Waals surface area (Å²) in [5, 5.41) is 3.04. The second-order valence-corrected chi connectivity index (χ2v) is 6.27. The van der Waals surface area contributed by atoms with Gasteiger partial charge in [-0.2, -0.15) is 11.8 Å². The summed E-state index contributed by atoms with van der Waals surface area (Å²) in [6, 6.07) is 5.42. The molecular formula is C14H20N2OS. The van der Waals surface area contributed by atoms with Crippen molar-refractivity contribution in [3.8, 4) is 0 Å². The first-order chi connectivity index (χ1) is 8.56. The van der Waals surface area contributed by atoms with Crippen LogP contribution in [-0.2, 0) is 0 Å². The predicted octanol–water partition coefficient (Wildman–Crippen LogP) is 2.59. The quantitative estimate of drug-likeness (QED) is 0.822. The van der Waals surface area contributed by atoms with E-state index in [1.165, 1.54) is 19.3 Å². The molecule has 1 fully saturated rings. The monoisotopic (exact) mass is 264 g/mol. The minimum absolute atomic E-state index is 0.00146. The van der Waals surface area contributed by atoms with Crippen LogP contribution in [0.25, 0.3) is 0 Å². The Morgan fingerprint density at radius 3 is 2.72 bits per heavy atom. The van der Waals surface area contributed by atoms with Crippen molar-refractivity contribution in [1.29, 1.82) is 0 Å². The van der Waals surface area contributed by atoms with E-state index in [0.717, 1.165) is 17.8 Å². The van der Waals surface area contributed by atoms with E-state index in [-0.39, 0.29) is 10.7 Å². The van der Waals surface area contributed by atoms with E-state index in [0.29, 0.717) is 5.56 Å². The van der Waals surface area contributed by atoms with Gasteiger partial charge >= 0.3 is 0 Å². The molecule has 0 unspecified atom stereocenters. The maximum atomic E-state index is 12.0. The zero-order chi connectivity index (χ0) is 13.2. The molecule has 3 nitrogen and oxygen atoms in total. The summed E-state index contributed by atoms with van der Waals surface area (Å²) in [7, 11) is 0. The summed E-state index contributed by atoms with van der Waals surface area (Å²) >= 11 is 1.87. The van der Waals surface area contributed by atoms with Gasteiger partial charge in [-0.15, -0.1) is 0 Å².